The SMILES string of the molecule is O=S(=O)(c1ccc(Cl)cc1)c1ccc(OS(O)(O)c2ccc(Cl)cc2)cc1. The highest BCUT2D eigenvalue weighted by molar-refractivity contribution is 8.20. The van der Waals surface area contributed by atoms with Crippen molar-refractivity contribution in [3.05, 3.63) is 82.8 Å². The molecule has 0 radical (unpaired) electrons. The molecule has 0 bridgehead atoms. The molecule has 0 aromatic heterocycles. The van der Waals surface area contributed by atoms with E-state index in [0.29, 0.717) is 10.0 Å². The second kappa shape index (κ2) is 7.71. The first-order valence-corrected chi connectivity index (χ1v) is 11.2. The third kappa shape index (κ3) is 4.57. The van der Waals surface area contributed by atoms with Gasteiger partial charge in [0, 0.05) is 10.0 Å². The van der Waals surface area contributed by atoms with Gasteiger partial charge in [-0.05, 0) is 72.8 Å². The zero-order chi connectivity index (χ0) is 19.7. The normalized spacial score (nSPS) is 12.6. The highest BCUT2D eigenvalue weighted by Gasteiger charge is 2.23. The number of rotatable bonds is 5. The molecule has 9 heteroatoms. The van der Waals surface area contributed by atoms with Crippen molar-refractivity contribution in [1.82, 2.24) is 0 Å². The minimum absolute atomic E-state index is 0.0418. The smallest absolute Gasteiger partial charge is 0.206 e. The van der Waals surface area contributed by atoms with Gasteiger partial charge >= 0.3 is 0 Å². The van der Waals surface area contributed by atoms with E-state index in [1.807, 2.05) is 0 Å². The lowest BCUT2D eigenvalue weighted by molar-refractivity contribution is 0.382. The average Bonchev–Trinajstić information content (AvgIpc) is 2.62. The summed E-state index contributed by atoms with van der Waals surface area (Å²) in [5.41, 5.74) is 0. The molecule has 2 N–H and O–H groups in total. The van der Waals surface area contributed by atoms with E-state index in [2.05, 4.69) is 0 Å². The molecule has 5 nitrogen and oxygen atoms in total. The van der Waals surface area contributed by atoms with Crippen LogP contribution in [0.5, 0.6) is 5.75 Å². The second-order valence-corrected chi connectivity index (χ2v) is 9.92. The van der Waals surface area contributed by atoms with Crippen LogP contribution in [-0.4, -0.2) is 17.5 Å². The summed E-state index contributed by atoms with van der Waals surface area (Å²) in [6.07, 6.45) is 0. The summed E-state index contributed by atoms with van der Waals surface area (Å²) in [5, 5.41) is 0.885. The molecule has 0 spiro atoms. The summed E-state index contributed by atoms with van der Waals surface area (Å²) in [6.45, 7) is 0. The van der Waals surface area contributed by atoms with Gasteiger partial charge < -0.3 is 4.18 Å². The van der Waals surface area contributed by atoms with Crippen LogP contribution in [0.4, 0.5) is 0 Å². The standard InChI is InChI=1S/C18H14Cl2O5S2/c19-13-1-7-16(8-2-13)26(21,22)17-11-5-15(6-12-17)25-27(23,24)18-9-3-14(20)4-10-18/h1-12,23-24H. The lowest BCUT2D eigenvalue weighted by Gasteiger charge is -2.27. The molecular formula is C18H14Cl2O5S2. The molecule has 3 rings (SSSR count). The highest BCUT2D eigenvalue weighted by Crippen LogP contribution is 2.49. The Morgan fingerprint density at radius 3 is 1.44 bits per heavy atom. The largest absolute Gasteiger partial charge is 0.399 e. The molecular weight excluding hydrogens is 431 g/mol. The highest BCUT2D eigenvalue weighted by atomic mass is 35.5. The molecule has 0 saturated carbocycles. The van der Waals surface area contributed by atoms with E-state index < -0.39 is 20.7 Å². The Balaban J connectivity index is 1.82. The van der Waals surface area contributed by atoms with Crippen molar-refractivity contribution in [3.8, 4) is 5.75 Å². The molecule has 3 aromatic carbocycles. The fourth-order valence-corrected chi connectivity index (χ4v) is 4.70. The fraction of sp³-hybridized carbons (Fsp3) is 0. The molecule has 0 unspecified atom stereocenters. The third-order valence-electron chi connectivity index (χ3n) is 3.59. The van der Waals surface area contributed by atoms with Gasteiger partial charge in [-0.1, -0.05) is 23.2 Å². The van der Waals surface area contributed by atoms with Crippen LogP contribution in [0.25, 0.3) is 0 Å². The predicted molar refractivity (Wildman–Crippen MR) is 107 cm³/mol. The molecule has 0 aliphatic heterocycles. The summed E-state index contributed by atoms with van der Waals surface area (Å²) in [6, 6.07) is 17.1. The number of hydrogen-bond donors (Lipinski definition) is 2. The van der Waals surface area contributed by atoms with E-state index in [1.165, 1.54) is 72.8 Å². The van der Waals surface area contributed by atoms with Crippen LogP contribution in [0, 0.1) is 0 Å². The summed E-state index contributed by atoms with van der Waals surface area (Å²) in [4.78, 5) is 0.302. The third-order valence-corrected chi connectivity index (χ3v) is 7.19. The molecule has 3 aromatic rings. The van der Waals surface area contributed by atoms with Crippen LogP contribution in [0.2, 0.25) is 10.0 Å². The minimum Gasteiger partial charge on any atom is -0.399 e. The van der Waals surface area contributed by atoms with E-state index in [4.69, 9.17) is 27.4 Å². The Hall–Kier alpha value is -1.74. The first-order valence-electron chi connectivity index (χ1n) is 7.52. The topological polar surface area (TPSA) is 83.8 Å². The Morgan fingerprint density at radius 1 is 0.630 bits per heavy atom. The van der Waals surface area contributed by atoms with E-state index in [1.54, 1.807) is 0 Å². The zero-order valence-electron chi connectivity index (χ0n) is 13.6. The summed E-state index contributed by atoms with van der Waals surface area (Å²) >= 11 is 11.6. The van der Waals surface area contributed by atoms with E-state index in [9.17, 15) is 17.5 Å². The molecule has 0 aliphatic rings. The van der Waals surface area contributed by atoms with Crippen molar-refractivity contribution in [2.24, 2.45) is 0 Å². The first-order chi connectivity index (χ1) is 12.7. The molecule has 0 atom stereocenters. The number of halogens is 2. The Kier molecular flexibility index (Phi) is 5.71. The van der Waals surface area contributed by atoms with E-state index in [0.717, 1.165) is 0 Å². The number of sulfone groups is 1. The molecule has 0 fully saturated rings. The fourth-order valence-electron chi connectivity index (χ4n) is 2.22. The maximum Gasteiger partial charge on any atom is 0.206 e. The average molecular weight is 445 g/mol. The van der Waals surface area contributed by atoms with Crippen LogP contribution in [0.15, 0.2) is 87.5 Å². The monoisotopic (exact) mass is 444 g/mol. The van der Waals surface area contributed by atoms with Crippen molar-refractivity contribution in [2.75, 3.05) is 0 Å². The van der Waals surface area contributed by atoms with Gasteiger partial charge in [0.1, 0.15) is 5.75 Å². The Labute approximate surface area is 168 Å². The van der Waals surface area contributed by atoms with Crippen LogP contribution in [0.3, 0.4) is 0 Å². The van der Waals surface area contributed by atoms with Crippen molar-refractivity contribution >= 4 is 43.9 Å². The Morgan fingerprint density at radius 2 is 1.00 bits per heavy atom. The van der Waals surface area contributed by atoms with Crippen LogP contribution in [-0.2, 0) is 9.84 Å². The van der Waals surface area contributed by atoms with Gasteiger partial charge in [-0.15, -0.1) is 0 Å². The first kappa shape index (κ1) is 20.0. The number of hydrogen-bond acceptors (Lipinski definition) is 5. The van der Waals surface area contributed by atoms with Crippen LogP contribution in [0.1, 0.15) is 0 Å². The molecule has 0 saturated heterocycles. The molecule has 0 heterocycles. The quantitative estimate of drug-likeness (QED) is 0.509. The Bertz CT molecular complexity index is 1030. The van der Waals surface area contributed by atoms with Crippen LogP contribution >= 0.6 is 34.1 Å². The van der Waals surface area contributed by atoms with Gasteiger partial charge in [-0.25, -0.2) is 8.42 Å². The van der Waals surface area contributed by atoms with Crippen LogP contribution < -0.4 is 4.18 Å². The zero-order valence-corrected chi connectivity index (χ0v) is 16.8. The molecule has 0 amide bonds. The molecule has 27 heavy (non-hydrogen) atoms. The summed E-state index contributed by atoms with van der Waals surface area (Å²) < 4.78 is 50.9. The van der Waals surface area contributed by atoms with Gasteiger partial charge in [0.2, 0.25) is 9.84 Å². The van der Waals surface area contributed by atoms with Crippen molar-refractivity contribution in [1.29, 1.82) is 0 Å². The van der Waals surface area contributed by atoms with Gasteiger partial charge in [0.15, 0.2) is 10.9 Å². The maximum atomic E-state index is 12.6. The van der Waals surface area contributed by atoms with E-state index >= 15 is 0 Å². The summed E-state index contributed by atoms with van der Waals surface area (Å²) in [5.74, 6) is 0.111. The lowest BCUT2D eigenvalue weighted by atomic mass is 10.3. The second-order valence-electron chi connectivity index (χ2n) is 5.46. The number of benzene rings is 3. The predicted octanol–water partition coefficient (Wildman–Crippen LogP) is 5.93. The lowest BCUT2D eigenvalue weighted by Crippen LogP contribution is -2.07. The van der Waals surface area contributed by atoms with Gasteiger partial charge in [0.25, 0.3) is 0 Å². The van der Waals surface area contributed by atoms with Crippen molar-refractivity contribution in [3.63, 3.8) is 0 Å². The van der Waals surface area contributed by atoms with Gasteiger partial charge in [-0.3, -0.25) is 9.11 Å². The van der Waals surface area contributed by atoms with Crippen molar-refractivity contribution in [2.45, 2.75) is 14.7 Å². The minimum atomic E-state index is -3.72. The summed E-state index contributed by atoms with van der Waals surface area (Å²) in [7, 11) is -7.28. The van der Waals surface area contributed by atoms with Gasteiger partial charge in [-0.2, -0.15) is 0 Å². The maximum absolute atomic E-state index is 12.6. The van der Waals surface area contributed by atoms with E-state index in [-0.39, 0.29) is 20.4 Å². The van der Waals surface area contributed by atoms with Gasteiger partial charge in [0.05, 0.1) is 14.7 Å². The molecule has 142 valence electrons. The van der Waals surface area contributed by atoms with Crippen molar-refractivity contribution < 1.29 is 21.7 Å². The molecule has 0 aliphatic carbocycles.